The van der Waals surface area contributed by atoms with Crippen LogP contribution in [0.3, 0.4) is 0 Å². The highest BCUT2D eigenvalue weighted by molar-refractivity contribution is 7.10. The Morgan fingerprint density at radius 2 is 2.13 bits per heavy atom. The lowest BCUT2D eigenvalue weighted by molar-refractivity contribution is -0.120. The number of hydrogen-bond acceptors (Lipinski definition) is 6. The number of aromatic hydroxyl groups is 2. The van der Waals surface area contributed by atoms with Crippen LogP contribution in [0.1, 0.15) is 10.8 Å². The summed E-state index contributed by atoms with van der Waals surface area (Å²) in [7, 11) is 0. The summed E-state index contributed by atoms with van der Waals surface area (Å²) in [5.41, 5.74) is 1.33. The SMILES string of the molecule is O=C(Cc1nc(-c2ccc(O)c(O)c2)cs1)NCc1ccco1. The first-order chi connectivity index (χ1) is 11.1. The molecule has 0 atom stereocenters. The number of nitrogens with zero attached hydrogens (tertiary/aromatic N) is 1. The Hall–Kier alpha value is -2.80. The van der Waals surface area contributed by atoms with E-state index in [-0.39, 0.29) is 23.8 Å². The molecule has 0 saturated carbocycles. The number of phenols is 2. The van der Waals surface area contributed by atoms with E-state index in [0.29, 0.717) is 28.6 Å². The summed E-state index contributed by atoms with van der Waals surface area (Å²) in [6.45, 7) is 0.343. The molecule has 6 nitrogen and oxygen atoms in total. The van der Waals surface area contributed by atoms with Crippen molar-refractivity contribution in [3.8, 4) is 22.8 Å². The molecule has 118 valence electrons. The zero-order valence-corrected chi connectivity index (χ0v) is 12.8. The average molecular weight is 330 g/mol. The van der Waals surface area contributed by atoms with Gasteiger partial charge in [0.05, 0.1) is 24.9 Å². The number of nitrogens with one attached hydrogen (secondary N) is 1. The van der Waals surface area contributed by atoms with Crippen molar-refractivity contribution in [3.05, 3.63) is 52.7 Å². The molecule has 1 aromatic carbocycles. The Balaban J connectivity index is 1.62. The van der Waals surface area contributed by atoms with Gasteiger partial charge in [-0.15, -0.1) is 11.3 Å². The molecule has 0 aliphatic rings. The third-order valence-corrected chi connectivity index (χ3v) is 4.02. The maximum Gasteiger partial charge on any atom is 0.227 e. The number of phenolic OH excluding ortho intramolecular Hbond substituents is 2. The molecule has 2 heterocycles. The van der Waals surface area contributed by atoms with E-state index in [9.17, 15) is 15.0 Å². The Labute approximate surface area is 136 Å². The maximum absolute atomic E-state index is 11.9. The third kappa shape index (κ3) is 3.70. The van der Waals surface area contributed by atoms with Crippen LogP contribution in [0.5, 0.6) is 11.5 Å². The number of furan rings is 1. The van der Waals surface area contributed by atoms with Gasteiger partial charge in [0.25, 0.3) is 0 Å². The lowest BCUT2D eigenvalue weighted by Crippen LogP contribution is -2.24. The van der Waals surface area contributed by atoms with Crippen LogP contribution in [0.4, 0.5) is 0 Å². The van der Waals surface area contributed by atoms with Crippen molar-refractivity contribution in [2.75, 3.05) is 0 Å². The monoisotopic (exact) mass is 330 g/mol. The smallest absolute Gasteiger partial charge is 0.227 e. The molecule has 0 bridgehead atoms. The van der Waals surface area contributed by atoms with Crippen molar-refractivity contribution in [1.29, 1.82) is 0 Å². The zero-order chi connectivity index (χ0) is 16.2. The molecule has 0 aliphatic carbocycles. The highest BCUT2D eigenvalue weighted by atomic mass is 32.1. The molecule has 7 heteroatoms. The Kier molecular flexibility index (Phi) is 4.29. The van der Waals surface area contributed by atoms with Crippen LogP contribution in [-0.4, -0.2) is 21.1 Å². The third-order valence-electron chi connectivity index (χ3n) is 3.17. The van der Waals surface area contributed by atoms with Gasteiger partial charge in [0.2, 0.25) is 5.91 Å². The Bertz CT molecular complexity index is 811. The van der Waals surface area contributed by atoms with E-state index in [1.807, 2.05) is 0 Å². The number of thiazole rings is 1. The second-order valence-corrected chi connectivity index (χ2v) is 5.81. The molecular weight excluding hydrogens is 316 g/mol. The van der Waals surface area contributed by atoms with Crippen molar-refractivity contribution < 1.29 is 19.4 Å². The molecule has 0 spiro atoms. The van der Waals surface area contributed by atoms with Crippen molar-refractivity contribution >= 4 is 17.2 Å². The van der Waals surface area contributed by atoms with Gasteiger partial charge in [-0.1, -0.05) is 0 Å². The number of amides is 1. The van der Waals surface area contributed by atoms with Crippen LogP contribution < -0.4 is 5.32 Å². The van der Waals surface area contributed by atoms with Gasteiger partial charge in [-0.25, -0.2) is 4.98 Å². The minimum absolute atomic E-state index is 0.143. The van der Waals surface area contributed by atoms with E-state index in [1.165, 1.54) is 23.5 Å². The fourth-order valence-corrected chi connectivity index (χ4v) is 2.81. The van der Waals surface area contributed by atoms with E-state index in [0.717, 1.165) is 0 Å². The van der Waals surface area contributed by atoms with Gasteiger partial charge < -0.3 is 19.9 Å². The predicted octanol–water partition coefficient (Wildman–Crippen LogP) is 2.67. The highest BCUT2D eigenvalue weighted by Gasteiger charge is 2.11. The fraction of sp³-hybridized carbons (Fsp3) is 0.125. The molecule has 0 saturated heterocycles. The van der Waals surface area contributed by atoms with Crippen LogP contribution in [0, 0.1) is 0 Å². The van der Waals surface area contributed by atoms with Crippen molar-refractivity contribution in [2.45, 2.75) is 13.0 Å². The van der Waals surface area contributed by atoms with Crippen LogP contribution in [0.15, 0.2) is 46.4 Å². The zero-order valence-electron chi connectivity index (χ0n) is 12.0. The Morgan fingerprint density at radius 3 is 2.87 bits per heavy atom. The second kappa shape index (κ2) is 6.53. The molecule has 0 radical (unpaired) electrons. The molecule has 3 aromatic rings. The first-order valence-corrected chi connectivity index (χ1v) is 7.75. The average Bonchev–Trinajstić information content (AvgIpc) is 3.19. The van der Waals surface area contributed by atoms with Gasteiger partial charge in [0.15, 0.2) is 11.5 Å². The van der Waals surface area contributed by atoms with Crippen LogP contribution in [0.2, 0.25) is 0 Å². The van der Waals surface area contributed by atoms with Gasteiger partial charge in [0.1, 0.15) is 10.8 Å². The molecular formula is C16H14N2O4S. The molecule has 0 fully saturated rings. The normalized spacial score (nSPS) is 10.6. The first kappa shape index (κ1) is 15.1. The van der Waals surface area contributed by atoms with E-state index >= 15 is 0 Å². The fourth-order valence-electron chi connectivity index (χ4n) is 2.01. The van der Waals surface area contributed by atoms with Gasteiger partial charge in [-0.05, 0) is 30.3 Å². The van der Waals surface area contributed by atoms with E-state index in [1.54, 1.807) is 29.8 Å². The lowest BCUT2D eigenvalue weighted by atomic mass is 10.1. The van der Waals surface area contributed by atoms with E-state index in [4.69, 9.17) is 4.42 Å². The van der Waals surface area contributed by atoms with Gasteiger partial charge in [0, 0.05) is 10.9 Å². The largest absolute Gasteiger partial charge is 0.504 e. The van der Waals surface area contributed by atoms with Crippen molar-refractivity contribution in [1.82, 2.24) is 10.3 Å². The minimum Gasteiger partial charge on any atom is -0.504 e. The van der Waals surface area contributed by atoms with Gasteiger partial charge >= 0.3 is 0 Å². The minimum atomic E-state index is -0.201. The highest BCUT2D eigenvalue weighted by Crippen LogP contribution is 2.31. The number of benzene rings is 1. The summed E-state index contributed by atoms with van der Waals surface area (Å²) < 4.78 is 5.15. The molecule has 3 rings (SSSR count). The molecule has 0 aliphatic heterocycles. The van der Waals surface area contributed by atoms with Gasteiger partial charge in [-0.2, -0.15) is 0 Å². The summed E-state index contributed by atoms with van der Waals surface area (Å²) in [6, 6.07) is 8.05. The topological polar surface area (TPSA) is 95.6 Å². The van der Waals surface area contributed by atoms with Crippen molar-refractivity contribution in [3.63, 3.8) is 0 Å². The lowest BCUT2D eigenvalue weighted by Gasteiger charge is -2.01. The molecule has 3 N–H and O–H groups in total. The van der Waals surface area contributed by atoms with Crippen LogP contribution >= 0.6 is 11.3 Å². The first-order valence-electron chi connectivity index (χ1n) is 6.87. The molecule has 23 heavy (non-hydrogen) atoms. The quantitative estimate of drug-likeness (QED) is 0.625. The molecule has 1 amide bonds. The summed E-state index contributed by atoms with van der Waals surface area (Å²) in [5, 5.41) is 24.1. The van der Waals surface area contributed by atoms with Gasteiger partial charge in [-0.3, -0.25) is 4.79 Å². The van der Waals surface area contributed by atoms with Crippen LogP contribution in [-0.2, 0) is 17.8 Å². The summed E-state index contributed by atoms with van der Waals surface area (Å²) >= 11 is 1.37. The second-order valence-electron chi connectivity index (χ2n) is 4.86. The number of carbonyl (C=O) groups is 1. The predicted molar refractivity (Wildman–Crippen MR) is 85.1 cm³/mol. The Morgan fingerprint density at radius 1 is 1.26 bits per heavy atom. The van der Waals surface area contributed by atoms with E-state index in [2.05, 4.69) is 10.3 Å². The number of aromatic nitrogens is 1. The summed E-state index contributed by atoms with van der Waals surface area (Å²) in [5.74, 6) is 0.170. The van der Waals surface area contributed by atoms with E-state index < -0.39 is 0 Å². The number of carbonyl (C=O) groups excluding carboxylic acids is 1. The molecule has 2 aromatic heterocycles. The summed E-state index contributed by atoms with van der Waals surface area (Å²) in [4.78, 5) is 16.3. The number of hydrogen-bond donors (Lipinski definition) is 3. The standard InChI is InChI=1S/C16H14N2O4S/c19-13-4-3-10(6-14(13)20)12-9-23-16(18-12)7-15(21)17-8-11-2-1-5-22-11/h1-6,9,19-20H,7-8H2,(H,17,21). The van der Waals surface area contributed by atoms with Crippen LogP contribution in [0.25, 0.3) is 11.3 Å². The number of rotatable bonds is 5. The maximum atomic E-state index is 11.9. The summed E-state index contributed by atoms with van der Waals surface area (Å²) in [6.07, 6.45) is 1.73. The molecule has 0 unspecified atom stereocenters. The van der Waals surface area contributed by atoms with Crippen molar-refractivity contribution in [2.24, 2.45) is 0 Å².